The fraction of sp³-hybridized carbons (Fsp3) is 0.536. The van der Waals surface area contributed by atoms with Crippen molar-refractivity contribution >= 4 is 5.91 Å². The molecule has 1 saturated carbocycles. The molecule has 4 atom stereocenters. The van der Waals surface area contributed by atoms with Crippen molar-refractivity contribution in [3.8, 4) is 0 Å². The van der Waals surface area contributed by atoms with E-state index in [2.05, 4.69) is 36.1 Å². The maximum atomic E-state index is 12.6. The number of hydrogen-bond acceptors (Lipinski definition) is 3. The van der Waals surface area contributed by atoms with E-state index in [0.717, 1.165) is 24.6 Å². The van der Waals surface area contributed by atoms with Crippen molar-refractivity contribution in [1.82, 2.24) is 9.80 Å². The minimum atomic E-state index is 0.154. The third-order valence-corrected chi connectivity index (χ3v) is 7.85. The highest BCUT2D eigenvalue weighted by Crippen LogP contribution is 2.52. The Balaban J connectivity index is 1.08. The lowest BCUT2D eigenvalue weighted by Gasteiger charge is -2.36. The smallest absolute Gasteiger partial charge is 0.248 e. The summed E-state index contributed by atoms with van der Waals surface area (Å²) in [6, 6.07) is 19.7. The van der Waals surface area contributed by atoms with Crippen LogP contribution in [0.25, 0.3) is 0 Å². The summed E-state index contributed by atoms with van der Waals surface area (Å²) in [7, 11) is 0. The van der Waals surface area contributed by atoms with E-state index in [9.17, 15) is 4.79 Å². The monoisotopic (exact) mass is 432 g/mol. The fourth-order valence-corrected chi connectivity index (χ4v) is 6.02. The van der Waals surface area contributed by atoms with E-state index in [1.165, 1.54) is 38.8 Å². The predicted octanol–water partition coefficient (Wildman–Crippen LogP) is 4.18. The van der Waals surface area contributed by atoms with Gasteiger partial charge < -0.3 is 9.64 Å². The molecule has 2 aliphatic carbocycles. The van der Waals surface area contributed by atoms with Crippen LogP contribution in [0.2, 0.25) is 0 Å². The predicted molar refractivity (Wildman–Crippen MR) is 127 cm³/mol. The number of rotatable bonds is 9. The largest absolute Gasteiger partial charge is 0.367 e. The number of benzene rings is 2. The molecule has 1 aliphatic heterocycles. The fourth-order valence-electron chi connectivity index (χ4n) is 6.02. The number of ether oxygens (including phenoxy) is 1. The lowest BCUT2D eigenvalue weighted by Crippen LogP contribution is -2.42. The molecule has 1 amide bonds. The van der Waals surface area contributed by atoms with Gasteiger partial charge in [0.25, 0.3) is 0 Å². The van der Waals surface area contributed by atoms with Crippen LogP contribution in [0.3, 0.4) is 0 Å². The normalized spacial score (nSPS) is 26.1. The Morgan fingerprint density at radius 3 is 2.50 bits per heavy atom. The van der Waals surface area contributed by atoms with E-state index in [-0.39, 0.29) is 12.5 Å². The second-order valence-corrected chi connectivity index (χ2v) is 9.93. The van der Waals surface area contributed by atoms with Crippen molar-refractivity contribution in [2.75, 3.05) is 32.8 Å². The van der Waals surface area contributed by atoms with Gasteiger partial charge in [0.15, 0.2) is 0 Å². The standard InChI is InChI=1S/C28H36N2O2/c1-2-14-29(24-13-12-22-10-6-7-11-23(22)15-24)16-25-26-17-30(18-27(25)26)28(31)20-32-19-21-8-4-3-5-9-21/h3-11,24-27H,2,12-20H2,1H3/t24?,25-,26-,27+. The number of amides is 1. The first kappa shape index (κ1) is 21.7. The third kappa shape index (κ3) is 4.77. The Morgan fingerprint density at radius 2 is 1.75 bits per heavy atom. The summed E-state index contributed by atoms with van der Waals surface area (Å²) in [4.78, 5) is 17.4. The Hall–Kier alpha value is -2.17. The molecule has 0 N–H and O–H groups in total. The van der Waals surface area contributed by atoms with Crippen LogP contribution in [0.15, 0.2) is 54.6 Å². The maximum Gasteiger partial charge on any atom is 0.248 e. The summed E-state index contributed by atoms with van der Waals surface area (Å²) >= 11 is 0. The SMILES string of the molecule is CCCN(C[C@H]1[C@@H]2CN(C(=O)COCc3ccccc3)C[C@@H]21)C1CCc2ccccc2C1. The molecule has 0 aromatic heterocycles. The minimum Gasteiger partial charge on any atom is -0.367 e. The summed E-state index contributed by atoms with van der Waals surface area (Å²) in [5, 5.41) is 0. The first-order chi connectivity index (χ1) is 15.7. The molecule has 3 aliphatic rings. The second-order valence-electron chi connectivity index (χ2n) is 9.93. The van der Waals surface area contributed by atoms with Crippen LogP contribution in [0.1, 0.15) is 36.5 Å². The molecule has 4 nitrogen and oxygen atoms in total. The summed E-state index contributed by atoms with van der Waals surface area (Å²) in [6.07, 6.45) is 4.90. The number of likely N-dealkylation sites (tertiary alicyclic amines) is 1. The molecule has 1 heterocycles. The van der Waals surface area contributed by atoms with Gasteiger partial charge in [-0.05, 0) is 66.7 Å². The molecule has 170 valence electrons. The number of hydrogen-bond donors (Lipinski definition) is 0. The quantitative estimate of drug-likeness (QED) is 0.596. The molecule has 2 aromatic rings. The van der Waals surface area contributed by atoms with Crippen LogP contribution in [0.5, 0.6) is 0 Å². The lowest BCUT2D eigenvalue weighted by atomic mass is 9.87. The average molecular weight is 433 g/mol. The van der Waals surface area contributed by atoms with Gasteiger partial charge in [0.05, 0.1) is 6.61 Å². The van der Waals surface area contributed by atoms with Crippen LogP contribution in [-0.2, 0) is 29.0 Å². The van der Waals surface area contributed by atoms with Gasteiger partial charge in [0.2, 0.25) is 5.91 Å². The molecule has 1 unspecified atom stereocenters. The van der Waals surface area contributed by atoms with E-state index in [1.54, 1.807) is 11.1 Å². The molecule has 4 heteroatoms. The molecule has 2 aromatic carbocycles. The van der Waals surface area contributed by atoms with E-state index >= 15 is 0 Å². The second kappa shape index (κ2) is 9.76. The van der Waals surface area contributed by atoms with Gasteiger partial charge in [0.1, 0.15) is 6.61 Å². The van der Waals surface area contributed by atoms with Gasteiger partial charge >= 0.3 is 0 Å². The first-order valence-corrected chi connectivity index (χ1v) is 12.4. The van der Waals surface area contributed by atoms with Gasteiger partial charge in [-0.25, -0.2) is 0 Å². The van der Waals surface area contributed by atoms with Crippen LogP contribution < -0.4 is 0 Å². The van der Waals surface area contributed by atoms with E-state index < -0.39 is 0 Å². The topological polar surface area (TPSA) is 32.8 Å². The van der Waals surface area contributed by atoms with Gasteiger partial charge in [-0.3, -0.25) is 9.69 Å². The number of carbonyl (C=O) groups is 1. The molecule has 5 rings (SSSR count). The summed E-state index contributed by atoms with van der Waals surface area (Å²) in [5.74, 6) is 2.32. The highest BCUT2D eigenvalue weighted by molar-refractivity contribution is 5.78. The zero-order valence-corrected chi connectivity index (χ0v) is 19.3. The molecule has 1 saturated heterocycles. The van der Waals surface area contributed by atoms with Gasteiger partial charge in [0, 0.05) is 25.7 Å². The average Bonchev–Trinajstić information content (AvgIpc) is 3.25. The number of carbonyl (C=O) groups excluding carboxylic acids is 1. The molecule has 0 bridgehead atoms. The minimum absolute atomic E-state index is 0.154. The van der Waals surface area contributed by atoms with Crippen molar-refractivity contribution in [1.29, 1.82) is 0 Å². The van der Waals surface area contributed by atoms with Crippen molar-refractivity contribution in [3.05, 3.63) is 71.3 Å². The molecular weight excluding hydrogens is 396 g/mol. The lowest BCUT2D eigenvalue weighted by molar-refractivity contribution is -0.136. The number of piperidine rings is 1. The summed E-state index contributed by atoms with van der Waals surface area (Å²) < 4.78 is 5.68. The first-order valence-electron chi connectivity index (χ1n) is 12.4. The van der Waals surface area contributed by atoms with Crippen molar-refractivity contribution in [2.24, 2.45) is 17.8 Å². The highest BCUT2D eigenvalue weighted by atomic mass is 16.5. The molecule has 2 fully saturated rings. The maximum absolute atomic E-state index is 12.6. The Morgan fingerprint density at radius 1 is 1.03 bits per heavy atom. The molecular formula is C28H36N2O2. The van der Waals surface area contributed by atoms with E-state index in [0.29, 0.717) is 24.5 Å². The van der Waals surface area contributed by atoms with Gasteiger partial charge in [-0.2, -0.15) is 0 Å². The van der Waals surface area contributed by atoms with Crippen LogP contribution in [0.4, 0.5) is 0 Å². The van der Waals surface area contributed by atoms with E-state index in [4.69, 9.17) is 4.74 Å². The van der Waals surface area contributed by atoms with Crippen LogP contribution >= 0.6 is 0 Å². The van der Waals surface area contributed by atoms with Crippen molar-refractivity contribution in [3.63, 3.8) is 0 Å². The Kier molecular flexibility index (Phi) is 6.61. The molecule has 32 heavy (non-hydrogen) atoms. The Labute approximate surface area is 192 Å². The van der Waals surface area contributed by atoms with Crippen LogP contribution in [-0.4, -0.2) is 54.5 Å². The summed E-state index contributed by atoms with van der Waals surface area (Å²) in [5.41, 5.74) is 4.21. The number of nitrogens with zero attached hydrogens (tertiary/aromatic N) is 2. The van der Waals surface area contributed by atoms with E-state index in [1.807, 2.05) is 35.2 Å². The number of fused-ring (bicyclic) bond motifs is 2. The Bertz CT molecular complexity index is 903. The van der Waals surface area contributed by atoms with Gasteiger partial charge in [-0.15, -0.1) is 0 Å². The molecule has 0 spiro atoms. The van der Waals surface area contributed by atoms with Crippen molar-refractivity contribution in [2.45, 2.75) is 45.3 Å². The third-order valence-electron chi connectivity index (χ3n) is 7.85. The highest BCUT2D eigenvalue weighted by Gasteiger charge is 2.56. The zero-order valence-electron chi connectivity index (χ0n) is 19.3. The van der Waals surface area contributed by atoms with Crippen LogP contribution in [0, 0.1) is 17.8 Å². The number of aryl methyl sites for hydroxylation is 1. The van der Waals surface area contributed by atoms with Gasteiger partial charge in [-0.1, -0.05) is 61.5 Å². The summed E-state index contributed by atoms with van der Waals surface area (Å²) in [6.45, 7) is 7.26. The van der Waals surface area contributed by atoms with Crippen molar-refractivity contribution < 1.29 is 9.53 Å². The zero-order chi connectivity index (χ0) is 21.9. The molecule has 0 radical (unpaired) electrons.